The van der Waals surface area contributed by atoms with Gasteiger partial charge < -0.3 is 4.74 Å². The quantitative estimate of drug-likeness (QED) is 0.744. The molecule has 0 radical (unpaired) electrons. The van der Waals surface area contributed by atoms with Crippen LogP contribution < -0.4 is 10.1 Å². The number of carbonyl (C=O) groups excluding carboxylic acids is 2. The van der Waals surface area contributed by atoms with E-state index in [2.05, 4.69) is 31.1 Å². The summed E-state index contributed by atoms with van der Waals surface area (Å²) in [6, 6.07) is 7.06. The maximum absolute atomic E-state index is 12.4. The van der Waals surface area contributed by atoms with Gasteiger partial charge in [0.1, 0.15) is 5.75 Å². The summed E-state index contributed by atoms with van der Waals surface area (Å²) >= 11 is 1.27. The average Bonchev–Trinajstić information content (AvgIpc) is 2.97. The van der Waals surface area contributed by atoms with E-state index >= 15 is 0 Å². The van der Waals surface area contributed by atoms with Crippen LogP contribution in [0.2, 0.25) is 0 Å². The van der Waals surface area contributed by atoms with Crippen LogP contribution in [-0.4, -0.2) is 23.3 Å². The Kier molecular flexibility index (Phi) is 5.41. The molecule has 0 spiro atoms. The van der Waals surface area contributed by atoms with Gasteiger partial charge in [0.05, 0.1) is 17.2 Å². The number of ether oxygens (including phenoxy) is 1. The second-order valence-corrected chi connectivity index (χ2v) is 8.42. The molecule has 1 aliphatic rings. The lowest BCUT2D eigenvalue weighted by Gasteiger charge is -2.26. The minimum absolute atomic E-state index is 0.0763. The molecule has 0 unspecified atom stereocenters. The number of rotatable bonds is 6. The number of unbranched alkanes of at least 4 members (excludes halogenated alkanes) is 1. The van der Waals surface area contributed by atoms with Gasteiger partial charge >= 0.3 is 0 Å². The van der Waals surface area contributed by atoms with Crippen molar-refractivity contribution in [2.45, 2.75) is 46.5 Å². The van der Waals surface area contributed by atoms with Crippen molar-refractivity contribution >= 4 is 28.2 Å². The third-order valence-corrected chi connectivity index (χ3v) is 5.39. The lowest BCUT2D eigenvalue weighted by atomic mass is 9.78. The van der Waals surface area contributed by atoms with E-state index in [0.29, 0.717) is 28.6 Å². The number of hydrogen-bond acceptors (Lipinski definition) is 5. The SMILES string of the molecule is CCCCOc1ccc(C(=O)Nc2nc3c(s2)C(=O)CC(C)(C)C3)cc1. The zero-order valence-electron chi connectivity index (χ0n) is 15.4. The molecule has 1 N–H and O–H groups in total. The van der Waals surface area contributed by atoms with Gasteiger partial charge in [0.15, 0.2) is 10.9 Å². The van der Waals surface area contributed by atoms with Crippen LogP contribution in [0.5, 0.6) is 5.75 Å². The molecule has 26 heavy (non-hydrogen) atoms. The monoisotopic (exact) mass is 372 g/mol. The maximum Gasteiger partial charge on any atom is 0.257 e. The van der Waals surface area contributed by atoms with Crippen molar-refractivity contribution in [2.75, 3.05) is 11.9 Å². The highest BCUT2D eigenvalue weighted by Crippen LogP contribution is 2.38. The maximum atomic E-state index is 12.4. The van der Waals surface area contributed by atoms with Crippen molar-refractivity contribution < 1.29 is 14.3 Å². The van der Waals surface area contributed by atoms with Crippen molar-refractivity contribution in [3.8, 4) is 5.75 Å². The summed E-state index contributed by atoms with van der Waals surface area (Å²) in [5, 5.41) is 3.29. The van der Waals surface area contributed by atoms with Crippen LogP contribution >= 0.6 is 11.3 Å². The summed E-state index contributed by atoms with van der Waals surface area (Å²) in [5.41, 5.74) is 1.26. The number of aromatic nitrogens is 1. The molecule has 1 heterocycles. The Morgan fingerprint density at radius 3 is 2.69 bits per heavy atom. The van der Waals surface area contributed by atoms with Gasteiger partial charge in [-0.15, -0.1) is 0 Å². The van der Waals surface area contributed by atoms with Crippen molar-refractivity contribution in [2.24, 2.45) is 5.41 Å². The second-order valence-electron chi connectivity index (χ2n) is 7.42. The fraction of sp³-hybridized carbons (Fsp3) is 0.450. The summed E-state index contributed by atoms with van der Waals surface area (Å²) in [6.07, 6.45) is 3.36. The summed E-state index contributed by atoms with van der Waals surface area (Å²) in [4.78, 5) is 29.8. The smallest absolute Gasteiger partial charge is 0.257 e. The van der Waals surface area contributed by atoms with E-state index in [1.807, 2.05) is 0 Å². The number of carbonyl (C=O) groups is 2. The molecule has 0 atom stereocenters. The molecule has 6 heteroatoms. The van der Waals surface area contributed by atoms with E-state index < -0.39 is 0 Å². The Bertz CT molecular complexity index is 809. The van der Waals surface area contributed by atoms with Crippen LogP contribution in [0.3, 0.4) is 0 Å². The normalized spacial score (nSPS) is 15.4. The number of thiazole rings is 1. The number of Topliss-reactive ketones (excluding diaryl/α,β-unsaturated/α-hetero) is 1. The largest absolute Gasteiger partial charge is 0.494 e. The number of benzene rings is 1. The highest BCUT2D eigenvalue weighted by atomic mass is 32.1. The Balaban J connectivity index is 1.66. The van der Waals surface area contributed by atoms with E-state index in [1.54, 1.807) is 24.3 Å². The number of nitrogens with one attached hydrogen (secondary N) is 1. The number of anilines is 1. The molecule has 1 amide bonds. The zero-order valence-corrected chi connectivity index (χ0v) is 16.2. The Morgan fingerprint density at radius 2 is 2.00 bits per heavy atom. The molecule has 1 aromatic heterocycles. The van der Waals surface area contributed by atoms with Gasteiger partial charge in [-0.3, -0.25) is 14.9 Å². The first kappa shape index (κ1) is 18.6. The highest BCUT2D eigenvalue weighted by molar-refractivity contribution is 7.17. The number of amides is 1. The van der Waals surface area contributed by atoms with Crippen LogP contribution in [0.15, 0.2) is 24.3 Å². The van der Waals surface area contributed by atoms with Crippen LogP contribution in [0.4, 0.5) is 5.13 Å². The van der Waals surface area contributed by atoms with Crippen molar-refractivity contribution in [1.82, 2.24) is 4.98 Å². The molecule has 0 fully saturated rings. The number of ketones is 1. The van der Waals surface area contributed by atoms with E-state index in [0.717, 1.165) is 30.7 Å². The first-order valence-electron chi connectivity index (χ1n) is 8.95. The lowest BCUT2D eigenvalue weighted by Crippen LogP contribution is -2.26. The third kappa shape index (κ3) is 4.30. The fourth-order valence-electron chi connectivity index (χ4n) is 2.98. The fourth-order valence-corrected chi connectivity index (χ4v) is 3.89. The molecule has 0 saturated heterocycles. The standard InChI is InChI=1S/C20H24N2O3S/c1-4-5-10-25-14-8-6-13(7-9-14)18(24)22-19-21-15-11-20(2,3)12-16(23)17(15)26-19/h6-9H,4-5,10-12H2,1-3H3,(H,21,22,24). The van der Waals surface area contributed by atoms with Crippen LogP contribution in [-0.2, 0) is 6.42 Å². The summed E-state index contributed by atoms with van der Waals surface area (Å²) in [5.74, 6) is 0.637. The molecule has 0 bridgehead atoms. The molecule has 0 aliphatic heterocycles. The van der Waals surface area contributed by atoms with E-state index in [-0.39, 0.29) is 17.1 Å². The second kappa shape index (κ2) is 7.58. The summed E-state index contributed by atoms with van der Waals surface area (Å²) in [7, 11) is 0. The number of hydrogen-bond donors (Lipinski definition) is 1. The van der Waals surface area contributed by atoms with Gasteiger partial charge in [-0.25, -0.2) is 4.98 Å². The average molecular weight is 372 g/mol. The van der Waals surface area contributed by atoms with Crippen LogP contribution in [0, 0.1) is 5.41 Å². The zero-order chi connectivity index (χ0) is 18.7. The molecule has 1 aromatic carbocycles. The Hall–Kier alpha value is -2.21. The van der Waals surface area contributed by atoms with Crippen molar-refractivity contribution in [3.63, 3.8) is 0 Å². The molecular weight excluding hydrogens is 348 g/mol. The number of fused-ring (bicyclic) bond motifs is 1. The Labute approximate surface area is 157 Å². The van der Waals surface area contributed by atoms with E-state index in [4.69, 9.17) is 4.74 Å². The topological polar surface area (TPSA) is 68.3 Å². The van der Waals surface area contributed by atoms with Gasteiger partial charge in [0.2, 0.25) is 0 Å². The minimum Gasteiger partial charge on any atom is -0.494 e. The predicted molar refractivity (Wildman–Crippen MR) is 103 cm³/mol. The van der Waals surface area contributed by atoms with Crippen LogP contribution in [0.1, 0.15) is 65.8 Å². The van der Waals surface area contributed by atoms with E-state index in [9.17, 15) is 9.59 Å². The molecule has 5 nitrogen and oxygen atoms in total. The molecule has 2 aromatic rings. The lowest BCUT2D eigenvalue weighted by molar-refractivity contribution is 0.0915. The summed E-state index contributed by atoms with van der Waals surface area (Å²) < 4.78 is 5.61. The van der Waals surface area contributed by atoms with Gasteiger partial charge in [-0.05, 0) is 42.5 Å². The van der Waals surface area contributed by atoms with Gasteiger partial charge in [0, 0.05) is 12.0 Å². The third-order valence-electron chi connectivity index (χ3n) is 4.34. The molecule has 0 saturated carbocycles. The van der Waals surface area contributed by atoms with Crippen LogP contribution in [0.25, 0.3) is 0 Å². The van der Waals surface area contributed by atoms with Gasteiger partial charge in [-0.1, -0.05) is 38.5 Å². The molecular formula is C20H24N2O3S. The Morgan fingerprint density at radius 1 is 1.27 bits per heavy atom. The predicted octanol–water partition coefficient (Wildman–Crippen LogP) is 4.73. The summed E-state index contributed by atoms with van der Waals surface area (Å²) in [6.45, 7) is 6.92. The van der Waals surface area contributed by atoms with Crippen molar-refractivity contribution in [1.29, 1.82) is 0 Å². The highest BCUT2D eigenvalue weighted by Gasteiger charge is 2.34. The van der Waals surface area contributed by atoms with Gasteiger partial charge in [0.25, 0.3) is 5.91 Å². The minimum atomic E-state index is -0.233. The van der Waals surface area contributed by atoms with E-state index in [1.165, 1.54) is 11.3 Å². The van der Waals surface area contributed by atoms with Gasteiger partial charge in [-0.2, -0.15) is 0 Å². The molecule has 138 valence electrons. The first-order valence-corrected chi connectivity index (χ1v) is 9.77. The number of nitrogens with zero attached hydrogens (tertiary/aromatic N) is 1. The van der Waals surface area contributed by atoms with Crippen molar-refractivity contribution in [3.05, 3.63) is 40.4 Å². The molecule has 3 rings (SSSR count). The first-order chi connectivity index (χ1) is 12.4. The molecule has 1 aliphatic carbocycles.